The lowest BCUT2D eigenvalue weighted by molar-refractivity contribution is 0.104. The molecule has 0 atom stereocenters. The maximum atomic E-state index is 12.7. The van der Waals surface area contributed by atoms with Gasteiger partial charge >= 0.3 is 0 Å². The van der Waals surface area contributed by atoms with E-state index in [1.54, 1.807) is 18.2 Å². The molecule has 4 heteroatoms. The molecule has 0 heterocycles. The second-order valence-electron chi connectivity index (χ2n) is 9.63. The molecule has 0 aromatic heterocycles. The first-order chi connectivity index (χ1) is 15.0. The van der Waals surface area contributed by atoms with E-state index < -0.39 is 0 Å². The minimum absolute atomic E-state index is 0.122. The summed E-state index contributed by atoms with van der Waals surface area (Å²) >= 11 is 0. The maximum absolute atomic E-state index is 12.7. The second kappa shape index (κ2) is 10.2. The lowest BCUT2D eigenvalue weighted by atomic mass is 9.74. The molecule has 0 spiro atoms. The van der Waals surface area contributed by atoms with Gasteiger partial charge in [-0.15, -0.1) is 0 Å². The van der Waals surface area contributed by atoms with E-state index in [0.717, 1.165) is 36.0 Å². The van der Waals surface area contributed by atoms with Crippen molar-refractivity contribution >= 4 is 11.9 Å². The predicted octanol–water partition coefficient (Wildman–Crippen LogP) is 7.16. The van der Waals surface area contributed by atoms with Crippen molar-refractivity contribution in [2.75, 3.05) is 6.61 Å². The van der Waals surface area contributed by atoms with Gasteiger partial charge in [0.25, 0.3) is 0 Å². The Kier molecular flexibility index (Phi) is 8.17. The molecule has 2 N–H and O–H groups in total. The third-order valence-corrected chi connectivity index (χ3v) is 6.47. The summed E-state index contributed by atoms with van der Waals surface area (Å²) in [6.07, 6.45) is 5.84. The Balaban J connectivity index is 2.72. The van der Waals surface area contributed by atoms with E-state index in [4.69, 9.17) is 4.74 Å². The van der Waals surface area contributed by atoms with Gasteiger partial charge in [-0.3, -0.25) is 4.79 Å². The normalized spacial score (nSPS) is 12.3. The maximum Gasteiger partial charge on any atom is 0.185 e. The molecule has 0 bridgehead atoms. The molecule has 0 fully saturated rings. The first-order valence-corrected chi connectivity index (χ1v) is 11.5. The largest absolute Gasteiger partial charge is 0.508 e. The number of ether oxygens (including phenoxy) is 1. The summed E-state index contributed by atoms with van der Waals surface area (Å²) in [6.45, 7) is 15.2. The van der Waals surface area contributed by atoms with E-state index in [2.05, 4.69) is 41.5 Å². The van der Waals surface area contributed by atoms with Gasteiger partial charge < -0.3 is 14.9 Å². The molecule has 0 aliphatic carbocycles. The van der Waals surface area contributed by atoms with Gasteiger partial charge in [0, 0.05) is 22.3 Å². The van der Waals surface area contributed by atoms with Crippen molar-refractivity contribution in [2.45, 2.75) is 78.6 Å². The van der Waals surface area contributed by atoms with Crippen molar-refractivity contribution in [3.63, 3.8) is 0 Å². The highest BCUT2D eigenvalue weighted by Gasteiger charge is 2.33. The van der Waals surface area contributed by atoms with E-state index in [9.17, 15) is 15.0 Å². The molecule has 0 saturated heterocycles. The third kappa shape index (κ3) is 5.53. The topological polar surface area (TPSA) is 66.8 Å². The van der Waals surface area contributed by atoms with Crippen LogP contribution < -0.4 is 4.74 Å². The SMILES string of the molecule is CCCOc1c(C=CC(=O)c2ccc(O)cc2)cc(C(C)(C)CC)c(O)c1C(C)(C)CC. The molecule has 0 aliphatic heterocycles. The van der Waals surface area contributed by atoms with Gasteiger partial charge in [-0.25, -0.2) is 0 Å². The van der Waals surface area contributed by atoms with Crippen LogP contribution in [0, 0.1) is 0 Å². The molecule has 2 aromatic carbocycles. The van der Waals surface area contributed by atoms with Crippen LogP contribution in [0.5, 0.6) is 17.2 Å². The van der Waals surface area contributed by atoms with Crippen molar-refractivity contribution in [1.29, 1.82) is 0 Å². The molecule has 0 amide bonds. The van der Waals surface area contributed by atoms with Crippen molar-refractivity contribution in [1.82, 2.24) is 0 Å². The number of ketones is 1. The average Bonchev–Trinajstić information content (AvgIpc) is 2.76. The fraction of sp³-hybridized carbons (Fsp3) is 0.464. The predicted molar refractivity (Wildman–Crippen MR) is 132 cm³/mol. The number of hydrogen-bond acceptors (Lipinski definition) is 4. The molecule has 174 valence electrons. The summed E-state index contributed by atoms with van der Waals surface area (Å²) in [7, 11) is 0. The Morgan fingerprint density at radius 3 is 2.09 bits per heavy atom. The number of phenolic OH excluding ortho intramolecular Hbond substituents is 2. The summed E-state index contributed by atoms with van der Waals surface area (Å²) < 4.78 is 6.19. The zero-order valence-corrected chi connectivity index (χ0v) is 20.6. The Morgan fingerprint density at radius 2 is 1.56 bits per heavy atom. The molecular formula is C28H38O4. The van der Waals surface area contributed by atoms with E-state index in [1.165, 1.54) is 18.2 Å². The van der Waals surface area contributed by atoms with E-state index >= 15 is 0 Å². The van der Waals surface area contributed by atoms with E-state index in [-0.39, 0.29) is 28.1 Å². The number of benzene rings is 2. The quantitative estimate of drug-likeness (QED) is 0.305. The zero-order chi connectivity index (χ0) is 24.1. The number of hydrogen-bond donors (Lipinski definition) is 2. The number of rotatable bonds is 10. The highest BCUT2D eigenvalue weighted by Crippen LogP contribution is 2.48. The molecular weight excluding hydrogens is 400 g/mol. The van der Waals surface area contributed by atoms with Crippen LogP contribution >= 0.6 is 0 Å². The molecule has 2 rings (SSSR count). The number of allylic oxidation sites excluding steroid dienone is 1. The molecule has 32 heavy (non-hydrogen) atoms. The van der Waals surface area contributed by atoms with Crippen molar-refractivity contribution < 1.29 is 19.7 Å². The molecule has 0 unspecified atom stereocenters. The number of carbonyl (C=O) groups is 1. The molecule has 0 saturated carbocycles. The Bertz CT molecular complexity index is 966. The van der Waals surface area contributed by atoms with Crippen LogP contribution in [0.1, 0.15) is 94.8 Å². The third-order valence-electron chi connectivity index (χ3n) is 6.47. The van der Waals surface area contributed by atoms with Crippen LogP contribution in [0.3, 0.4) is 0 Å². The standard InChI is InChI=1S/C28H38O4/c1-8-17-32-26-20(13-16-23(30)19-11-14-21(29)15-12-19)18-22(27(4,5)9-2)25(31)24(26)28(6,7)10-3/h11-16,18,29,31H,8-10,17H2,1-7H3. The number of aromatic hydroxyl groups is 2. The number of phenols is 2. The minimum atomic E-state index is -0.309. The lowest BCUT2D eigenvalue weighted by Gasteiger charge is -2.33. The summed E-state index contributed by atoms with van der Waals surface area (Å²) in [4.78, 5) is 12.7. The molecule has 2 aromatic rings. The van der Waals surface area contributed by atoms with Gasteiger partial charge in [-0.05, 0) is 72.6 Å². The Morgan fingerprint density at radius 1 is 0.969 bits per heavy atom. The first-order valence-electron chi connectivity index (χ1n) is 11.5. The van der Waals surface area contributed by atoms with Gasteiger partial charge in [0.1, 0.15) is 17.2 Å². The van der Waals surface area contributed by atoms with Crippen molar-refractivity contribution in [2.24, 2.45) is 0 Å². The van der Waals surface area contributed by atoms with Crippen LogP contribution in [0.2, 0.25) is 0 Å². The molecule has 0 aliphatic rings. The van der Waals surface area contributed by atoms with E-state index in [0.29, 0.717) is 17.9 Å². The zero-order valence-electron chi connectivity index (χ0n) is 20.6. The molecule has 0 radical (unpaired) electrons. The highest BCUT2D eigenvalue weighted by atomic mass is 16.5. The fourth-order valence-electron chi connectivity index (χ4n) is 3.56. The second-order valence-corrected chi connectivity index (χ2v) is 9.63. The van der Waals surface area contributed by atoms with Gasteiger partial charge in [0.15, 0.2) is 5.78 Å². The highest BCUT2D eigenvalue weighted by molar-refractivity contribution is 6.07. The van der Waals surface area contributed by atoms with Crippen LogP contribution in [-0.4, -0.2) is 22.6 Å². The monoisotopic (exact) mass is 438 g/mol. The lowest BCUT2D eigenvalue weighted by Crippen LogP contribution is -2.22. The summed E-state index contributed by atoms with van der Waals surface area (Å²) in [5.74, 6) is 0.891. The van der Waals surface area contributed by atoms with Crippen molar-refractivity contribution in [3.8, 4) is 17.2 Å². The van der Waals surface area contributed by atoms with Crippen LogP contribution in [0.4, 0.5) is 0 Å². The number of carbonyl (C=O) groups excluding carboxylic acids is 1. The van der Waals surface area contributed by atoms with Crippen molar-refractivity contribution in [3.05, 3.63) is 58.7 Å². The minimum Gasteiger partial charge on any atom is -0.508 e. The van der Waals surface area contributed by atoms with Gasteiger partial charge in [0.2, 0.25) is 0 Å². The smallest absolute Gasteiger partial charge is 0.185 e. The fourth-order valence-corrected chi connectivity index (χ4v) is 3.56. The summed E-state index contributed by atoms with van der Waals surface area (Å²) in [5.41, 5.74) is 2.39. The van der Waals surface area contributed by atoms with Crippen LogP contribution in [0.15, 0.2) is 36.4 Å². The Hall–Kier alpha value is -2.75. The van der Waals surface area contributed by atoms with Gasteiger partial charge in [-0.2, -0.15) is 0 Å². The van der Waals surface area contributed by atoms with E-state index in [1.807, 2.05) is 13.0 Å². The Labute approximate surface area is 193 Å². The van der Waals surface area contributed by atoms with Gasteiger partial charge in [-0.1, -0.05) is 48.5 Å². The van der Waals surface area contributed by atoms with Crippen LogP contribution in [-0.2, 0) is 10.8 Å². The summed E-state index contributed by atoms with van der Waals surface area (Å²) in [6, 6.07) is 8.16. The molecule has 4 nitrogen and oxygen atoms in total. The van der Waals surface area contributed by atoms with Gasteiger partial charge in [0.05, 0.1) is 6.61 Å². The first kappa shape index (κ1) is 25.5. The van der Waals surface area contributed by atoms with Crippen LogP contribution in [0.25, 0.3) is 6.08 Å². The average molecular weight is 439 g/mol. The summed E-state index contributed by atoms with van der Waals surface area (Å²) in [5, 5.41) is 20.9.